The molecule has 0 saturated carbocycles. The lowest BCUT2D eigenvalue weighted by molar-refractivity contribution is 0.300. The van der Waals surface area contributed by atoms with Crippen LogP contribution in [0.2, 0.25) is 0 Å². The molecule has 8 heteroatoms. The van der Waals surface area contributed by atoms with Gasteiger partial charge in [-0.1, -0.05) is 0 Å². The van der Waals surface area contributed by atoms with Crippen LogP contribution in [-0.4, -0.2) is 20.5 Å². The highest BCUT2D eigenvalue weighted by Crippen LogP contribution is 2.36. The minimum atomic E-state index is -0.397. The molecule has 4 aromatic rings. The Morgan fingerprint density at radius 3 is 2.90 bits per heavy atom. The zero-order chi connectivity index (χ0) is 21.4. The van der Waals surface area contributed by atoms with E-state index in [0.29, 0.717) is 11.4 Å². The number of hydrogen-bond acceptors (Lipinski definition) is 5. The van der Waals surface area contributed by atoms with Crippen molar-refractivity contribution in [2.75, 3.05) is 6.54 Å². The molecule has 0 fully saturated rings. The summed E-state index contributed by atoms with van der Waals surface area (Å²) >= 11 is 8.04. The van der Waals surface area contributed by atoms with Crippen LogP contribution in [0.1, 0.15) is 22.6 Å². The van der Waals surface area contributed by atoms with Gasteiger partial charge in [-0.15, -0.1) is 11.3 Å². The van der Waals surface area contributed by atoms with Crippen LogP contribution in [0.15, 0.2) is 59.7 Å². The third kappa shape index (κ3) is 4.21. The maximum atomic E-state index is 13.0. The quantitative estimate of drug-likeness (QED) is 0.403. The maximum absolute atomic E-state index is 13.0. The highest BCUT2D eigenvalue weighted by molar-refractivity contribution is 7.19. The third-order valence-electron chi connectivity index (χ3n) is 5.35. The molecule has 3 aromatic heterocycles. The zero-order valence-electron chi connectivity index (χ0n) is 16.6. The predicted molar refractivity (Wildman–Crippen MR) is 121 cm³/mol. The van der Waals surface area contributed by atoms with Gasteiger partial charge in [0.1, 0.15) is 18.2 Å². The van der Waals surface area contributed by atoms with Crippen molar-refractivity contribution < 1.29 is 9.13 Å². The predicted octanol–water partition coefficient (Wildman–Crippen LogP) is 5.07. The molecule has 0 unspecified atom stereocenters. The molecule has 1 aliphatic rings. The molecular formula is C23H19ClFN3O2S. The average Bonchev–Trinajstić information content (AvgIpc) is 2.98. The summed E-state index contributed by atoms with van der Waals surface area (Å²) < 4.78 is 23.3. The van der Waals surface area contributed by atoms with E-state index >= 15 is 0 Å². The SMILES string of the molecule is O=c1cc(OCc2ccc(F)cn2)ccn1-c1ccc2sc3c(c2c1)CCCN(Cl)C3. The van der Waals surface area contributed by atoms with E-state index in [9.17, 15) is 9.18 Å². The van der Waals surface area contributed by atoms with Crippen LogP contribution in [-0.2, 0) is 19.6 Å². The maximum Gasteiger partial charge on any atom is 0.258 e. The first kappa shape index (κ1) is 20.2. The number of pyridine rings is 2. The largest absolute Gasteiger partial charge is 0.487 e. The number of hydrogen-bond donors (Lipinski definition) is 0. The summed E-state index contributed by atoms with van der Waals surface area (Å²) in [5.41, 5.74) is 2.56. The number of fused-ring (bicyclic) bond motifs is 3. The van der Waals surface area contributed by atoms with Crippen molar-refractivity contribution in [2.24, 2.45) is 0 Å². The number of thiophene rings is 1. The molecule has 158 valence electrons. The molecule has 5 nitrogen and oxygen atoms in total. The lowest BCUT2D eigenvalue weighted by Gasteiger charge is -2.09. The number of benzene rings is 1. The zero-order valence-corrected chi connectivity index (χ0v) is 18.1. The Morgan fingerprint density at radius 2 is 2.10 bits per heavy atom. The fraction of sp³-hybridized carbons (Fsp3) is 0.217. The number of aryl methyl sites for hydroxylation is 1. The summed E-state index contributed by atoms with van der Waals surface area (Å²) in [6.45, 7) is 1.79. The van der Waals surface area contributed by atoms with E-state index < -0.39 is 5.82 Å². The number of halogens is 2. The summed E-state index contributed by atoms with van der Waals surface area (Å²) in [7, 11) is 0. The molecule has 0 radical (unpaired) electrons. The van der Waals surface area contributed by atoms with Gasteiger partial charge in [-0.05, 0) is 72.0 Å². The summed E-state index contributed by atoms with van der Waals surface area (Å²) in [5, 5.41) is 1.19. The highest BCUT2D eigenvalue weighted by atomic mass is 35.5. The normalized spacial score (nSPS) is 14.4. The van der Waals surface area contributed by atoms with Crippen molar-refractivity contribution >= 4 is 33.2 Å². The topological polar surface area (TPSA) is 47.4 Å². The van der Waals surface area contributed by atoms with Crippen molar-refractivity contribution in [1.29, 1.82) is 0 Å². The molecule has 0 amide bonds. The van der Waals surface area contributed by atoms with E-state index in [1.54, 1.807) is 34.2 Å². The van der Waals surface area contributed by atoms with Gasteiger partial charge in [0.15, 0.2) is 0 Å². The lowest BCUT2D eigenvalue weighted by atomic mass is 10.1. The van der Waals surface area contributed by atoms with Crippen LogP contribution >= 0.6 is 23.1 Å². The molecule has 0 aliphatic carbocycles. The second-order valence-corrected chi connectivity index (χ2v) is 9.07. The van der Waals surface area contributed by atoms with Gasteiger partial charge in [-0.3, -0.25) is 14.3 Å². The molecule has 4 heterocycles. The Balaban J connectivity index is 1.41. The molecule has 0 bridgehead atoms. The van der Waals surface area contributed by atoms with Crippen molar-refractivity contribution in [3.8, 4) is 11.4 Å². The van der Waals surface area contributed by atoms with Gasteiger partial charge >= 0.3 is 0 Å². The van der Waals surface area contributed by atoms with Crippen molar-refractivity contribution in [1.82, 2.24) is 14.0 Å². The molecule has 0 N–H and O–H groups in total. The lowest BCUT2D eigenvalue weighted by Crippen LogP contribution is -2.16. The first-order valence-corrected chi connectivity index (χ1v) is 11.1. The molecule has 0 atom stereocenters. The average molecular weight is 456 g/mol. The van der Waals surface area contributed by atoms with Gasteiger partial charge in [0, 0.05) is 40.6 Å². The van der Waals surface area contributed by atoms with E-state index in [2.05, 4.69) is 17.1 Å². The Morgan fingerprint density at radius 1 is 1.19 bits per heavy atom. The summed E-state index contributed by atoms with van der Waals surface area (Å²) in [6.07, 6.45) is 4.85. The van der Waals surface area contributed by atoms with Crippen LogP contribution in [0.5, 0.6) is 5.75 Å². The number of aromatic nitrogens is 2. The van der Waals surface area contributed by atoms with Crippen LogP contribution in [0, 0.1) is 5.82 Å². The minimum Gasteiger partial charge on any atom is -0.487 e. The number of rotatable bonds is 4. The van der Waals surface area contributed by atoms with Gasteiger partial charge in [0.25, 0.3) is 5.56 Å². The molecule has 0 saturated heterocycles. The van der Waals surface area contributed by atoms with Crippen molar-refractivity contribution in [3.63, 3.8) is 0 Å². The Bertz CT molecular complexity index is 1300. The molecule has 0 spiro atoms. The van der Waals surface area contributed by atoms with Gasteiger partial charge < -0.3 is 4.74 Å². The Labute approximate surface area is 187 Å². The monoisotopic (exact) mass is 455 g/mol. The second-order valence-electron chi connectivity index (χ2n) is 7.46. The molecule has 31 heavy (non-hydrogen) atoms. The smallest absolute Gasteiger partial charge is 0.258 e. The van der Waals surface area contributed by atoms with Gasteiger partial charge in [0.05, 0.1) is 11.9 Å². The summed E-state index contributed by atoms with van der Waals surface area (Å²) in [5.74, 6) is 0.0471. The van der Waals surface area contributed by atoms with E-state index in [0.717, 1.165) is 37.8 Å². The van der Waals surface area contributed by atoms with E-state index in [4.69, 9.17) is 16.5 Å². The minimum absolute atomic E-state index is 0.161. The van der Waals surface area contributed by atoms with Crippen molar-refractivity contribution in [3.05, 3.63) is 87.2 Å². The molecule has 5 rings (SSSR count). The van der Waals surface area contributed by atoms with Gasteiger partial charge in [-0.25, -0.2) is 8.81 Å². The first-order chi connectivity index (χ1) is 15.1. The molecule has 1 aromatic carbocycles. The van der Waals surface area contributed by atoms with Crippen LogP contribution in [0.3, 0.4) is 0 Å². The Hall–Kier alpha value is -2.74. The van der Waals surface area contributed by atoms with E-state index in [1.165, 1.54) is 32.7 Å². The fourth-order valence-electron chi connectivity index (χ4n) is 3.81. The standard InChI is InChI=1S/C23H19ClFN3O2S/c24-27-8-1-2-19-20-10-17(5-6-21(20)31-22(19)13-27)28-9-7-18(11-23(28)29)30-14-16-4-3-15(25)12-26-16/h3-7,9-12H,1-2,8,13-14H2. The van der Waals surface area contributed by atoms with Crippen molar-refractivity contribution in [2.45, 2.75) is 26.0 Å². The Kier molecular flexibility index (Phi) is 5.48. The van der Waals surface area contributed by atoms with Crippen LogP contribution < -0.4 is 10.3 Å². The number of ether oxygens (including phenoxy) is 1. The highest BCUT2D eigenvalue weighted by Gasteiger charge is 2.18. The fourth-order valence-corrected chi connectivity index (χ4v) is 5.37. The second kappa shape index (κ2) is 8.42. The number of nitrogens with zero attached hydrogens (tertiary/aromatic N) is 3. The van der Waals surface area contributed by atoms with Crippen LogP contribution in [0.4, 0.5) is 4.39 Å². The van der Waals surface area contributed by atoms with Crippen LogP contribution in [0.25, 0.3) is 15.8 Å². The van der Waals surface area contributed by atoms with Gasteiger partial charge in [-0.2, -0.15) is 0 Å². The summed E-state index contributed by atoms with van der Waals surface area (Å²) in [4.78, 5) is 18.0. The van der Waals surface area contributed by atoms with Gasteiger partial charge in [0.2, 0.25) is 0 Å². The summed E-state index contributed by atoms with van der Waals surface area (Å²) in [6, 6.07) is 12.2. The molecular weight excluding hydrogens is 437 g/mol. The van der Waals surface area contributed by atoms with E-state index in [-0.39, 0.29) is 12.2 Å². The third-order valence-corrected chi connectivity index (χ3v) is 6.83. The molecule has 1 aliphatic heterocycles. The van der Waals surface area contributed by atoms with E-state index in [1.807, 2.05) is 10.5 Å². The first-order valence-electron chi connectivity index (χ1n) is 9.98.